The van der Waals surface area contributed by atoms with E-state index in [9.17, 15) is 4.79 Å². The van der Waals surface area contributed by atoms with Crippen LogP contribution in [0.5, 0.6) is 23.0 Å². The van der Waals surface area contributed by atoms with Gasteiger partial charge in [-0.05, 0) is 18.6 Å². The van der Waals surface area contributed by atoms with Crippen LogP contribution < -0.4 is 34.5 Å². The number of rotatable bonds is 8. The highest BCUT2D eigenvalue weighted by Gasteiger charge is 2.24. The van der Waals surface area contributed by atoms with Crippen LogP contribution in [0.25, 0.3) is 0 Å². The summed E-state index contributed by atoms with van der Waals surface area (Å²) in [5, 5.41) is 6.47. The average Bonchev–Trinajstić information content (AvgIpc) is 2.81. The lowest BCUT2D eigenvalue weighted by Crippen LogP contribution is -2.41. The number of carbonyl (C=O) groups excluding carboxylic acids is 1. The van der Waals surface area contributed by atoms with Crippen molar-refractivity contribution in [3.63, 3.8) is 0 Å². The zero-order valence-electron chi connectivity index (χ0n) is 18.6. The maximum Gasteiger partial charge on any atom is 0.265 e. The summed E-state index contributed by atoms with van der Waals surface area (Å²) in [7, 11) is 6.39. The molecule has 0 unspecified atom stereocenters. The number of guanidine groups is 1. The van der Waals surface area contributed by atoms with Gasteiger partial charge < -0.3 is 34.5 Å². The summed E-state index contributed by atoms with van der Waals surface area (Å²) in [6.45, 7) is 1.26. The zero-order chi connectivity index (χ0) is 22.2. The minimum Gasteiger partial charge on any atom is -0.493 e. The van der Waals surface area contributed by atoms with E-state index in [1.165, 1.54) is 0 Å². The molecule has 32 heavy (non-hydrogen) atoms. The van der Waals surface area contributed by atoms with Crippen molar-refractivity contribution in [1.82, 2.24) is 5.32 Å². The summed E-state index contributed by atoms with van der Waals surface area (Å²) in [6.07, 6.45) is 0.732. The third kappa shape index (κ3) is 5.87. The minimum absolute atomic E-state index is 0. The molecule has 2 aromatic rings. The molecule has 0 radical (unpaired) electrons. The van der Waals surface area contributed by atoms with Gasteiger partial charge in [0.1, 0.15) is 5.75 Å². The number of carbonyl (C=O) groups is 1. The van der Waals surface area contributed by atoms with Crippen LogP contribution in [0.2, 0.25) is 0 Å². The molecule has 0 aromatic heterocycles. The highest BCUT2D eigenvalue weighted by molar-refractivity contribution is 14.0. The van der Waals surface area contributed by atoms with E-state index in [0.717, 1.165) is 23.5 Å². The number of halogens is 1. The maximum absolute atomic E-state index is 12.3. The molecule has 0 bridgehead atoms. The van der Waals surface area contributed by atoms with Crippen molar-refractivity contribution < 1.29 is 23.7 Å². The molecule has 0 aliphatic carbocycles. The van der Waals surface area contributed by atoms with Crippen LogP contribution >= 0.6 is 24.0 Å². The molecule has 1 heterocycles. The first-order valence-corrected chi connectivity index (χ1v) is 9.91. The normalized spacial score (nSPS) is 12.8. The number of aliphatic imine (C=N–C) groups is 1. The average molecular weight is 556 g/mol. The lowest BCUT2D eigenvalue weighted by atomic mass is 10.2. The van der Waals surface area contributed by atoms with E-state index in [1.54, 1.807) is 45.4 Å². The number of para-hydroxylation sites is 2. The molecule has 0 saturated carbocycles. The van der Waals surface area contributed by atoms with Crippen molar-refractivity contribution in [3.05, 3.63) is 36.4 Å². The van der Waals surface area contributed by atoms with Gasteiger partial charge in [-0.1, -0.05) is 12.1 Å². The van der Waals surface area contributed by atoms with E-state index in [0.29, 0.717) is 36.3 Å². The smallest absolute Gasteiger partial charge is 0.265 e. The second-order valence-electron chi connectivity index (χ2n) is 6.69. The molecule has 0 saturated heterocycles. The second-order valence-corrected chi connectivity index (χ2v) is 6.69. The summed E-state index contributed by atoms with van der Waals surface area (Å²) in [5.74, 6) is 2.89. The van der Waals surface area contributed by atoms with Crippen molar-refractivity contribution in [2.45, 2.75) is 6.42 Å². The summed E-state index contributed by atoms with van der Waals surface area (Å²) in [5.41, 5.74) is 1.54. The van der Waals surface area contributed by atoms with Gasteiger partial charge in [0.15, 0.2) is 24.1 Å². The number of fused-ring (bicyclic) bond motifs is 1. The molecule has 2 aromatic carbocycles. The van der Waals surface area contributed by atoms with Crippen LogP contribution in [0, 0.1) is 0 Å². The van der Waals surface area contributed by atoms with E-state index in [-0.39, 0.29) is 36.5 Å². The lowest BCUT2D eigenvalue weighted by Gasteiger charge is -2.29. The molecule has 10 heteroatoms. The first-order valence-electron chi connectivity index (χ1n) is 9.91. The van der Waals surface area contributed by atoms with E-state index in [1.807, 2.05) is 24.3 Å². The Kier molecular flexibility index (Phi) is 9.69. The van der Waals surface area contributed by atoms with Gasteiger partial charge in [-0.2, -0.15) is 0 Å². The Labute approximate surface area is 205 Å². The summed E-state index contributed by atoms with van der Waals surface area (Å²) in [4.78, 5) is 18.3. The fourth-order valence-electron chi connectivity index (χ4n) is 3.31. The predicted molar refractivity (Wildman–Crippen MR) is 135 cm³/mol. The number of nitrogens with one attached hydrogen (secondary N) is 2. The topological polar surface area (TPSA) is 93.7 Å². The number of nitrogens with zero attached hydrogens (tertiary/aromatic N) is 2. The van der Waals surface area contributed by atoms with Crippen LogP contribution in [0.3, 0.4) is 0 Å². The molecule has 0 spiro atoms. The number of anilines is 2. The Bertz CT molecular complexity index is 929. The molecule has 1 amide bonds. The largest absolute Gasteiger partial charge is 0.493 e. The summed E-state index contributed by atoms with van der Waals surface area (Å²) in [6, 6.07) is 11.2. The van der Waals surface area contributed by atoms with Crippen molar-refractivity contribution in [2.24, 2.45) is 4.99 Å². The van der Waals surface area contributed by atoms with Gasteiger partial charge in [0.2, 0.25) is 5.75 Å². The van der Waals surface area contributed by atoms with Crippen LogP contribution in [0.1, 0.15) is 6.42 Å². The number of ether oxygens (including phenoxy) is 4. The number of amides is 1. The molecule has 0 fully saturated rings. The monoisotopic (exact) mass is 556 g/mol. The van der Waals surface area contributed by atoms with Crippen LogP contribution in [-0.4, -0.2) is 59.9 Å². The van der Waals surface area contributed by atoms with Gasteiger partial charge in [0, 0.05) is 38.0 Å². The Morgan fingerprint density at radius 3 is 2.44 bits per heavy atom. The van der Waals surface area contributed by atoms with E-state index in [2.05, 4.69) is 15.6 Å². The Morgan fingerprint density at radius 1 is 1.12 bits per heavy atom. The van der Waals surface area contributed by atoms with Crippen LogP contribution in [0.15, 0.2) is 41.4 Å². The Morgan fingerprint density at radius 2 is 1.81 bits per heavy atom. The quantitative estimate of drug-likeness (QED) is 0.224. The number of benzene rings is 2. The third-order valence-corrected chi connectivity index (χ3v) is 4.81. The zero-order valence-corrected chi connectivity index (χ0v) is 21.0. The van der Waals surface area contributed by atoms with Gasteiger partial charge in [0.25, 0.3) is 5.91 Å². The molecular weight excluding hydrogens is 527 g/mol. The van der Waals surface area contributed by atoms with Crippen LogP contribution in [-0.2, 0) is 4.79 Å². The van der Waals surface area contributed by atoms with Crippen LogP contribution in [0.4, 0.5) is 11.4 Å². The first-order chi connectivity index (χ1) is 15.1. The lowest BCUT2D eigenvalue weighted by molar-refractivity contribution is -0.121. The maximum atomic E-state index is 12.3. The standard InChI is InChI=1S/C22H28N4O5.HI/c1-23-22(25-15-12-18(28-2)21(30-4)19(13-15)29-3)24-10-7-11-26-16-8-5-6-9-17(16)31-14-20(26)27;/h5-6,8-9,12-13H,7,10-11,14H2,1-4H3,(H2,23,24,25);1H. The van der Waals surface area contributed by atoms with Crippen molar-refractivity contribution >= 4 is 47.2 Å². The summed E-state index contributed by atoms with van der Waals surface area (Å²) >= 11 is 0. The fraction of sp³-hybridized carbons (Fsp3) is 0.364. The third-order valence-electron chi connectivity index (χ3n) is 4.81. The van der Waals surface area contributed by atoms with Gasteiger partial charge in [-0.15, -0.1) is 24.0 Å². The molecule has 3 rings (SSSR count). The molecule has 1 aliphatic heterocycles. The number of methoxy groups -OCH3 is 3. The van der Waals surface area contributed by atoms with Gasteiger partial charge in [-0.3, -0.25) is 9.79 Å². The molecule has 0 atom stereocenters. The highest BCUT2D eigenvalue weighted by atomic mass is 127. The van der Waals surface area contributed by atoms with E-state index in [4.69, 9.17) is 18.9 Å². The SMILES string of the molecule is CN=C(NCCCN1C(=O)COc2ccccc21)Nc1cc(OC)c(OC)c(OC)c1.I. The van der Waals surface area contributed by atoms with E-state index >= 15 is 0 Å². The van der Waals surface area contributed by atoms with Gasteiger partial charge in [0.05, 0.1) is 27.0 Å². The van der Waals surface area contributed by atoms with Crippen molar-refractivity contribution in [3.8, 4) is 23.0 Å². The van der Waals surface area contributed by atoms with Crippen molar-refractivity contribution in [2.75, 3.05) is 58.3 Å². The van der Waals surface area contributed by atoms with Crippen molar-refractivity contribution in [1.29, 1.82) is 0 Å². The second kappa shape index (κ2) is 12.2. The first kappa shape index (κ1) is 25.4. The number of hydrogen-bond donors (Lipinski definition) is 2. The Hall–Kier alpha value is -2.89. The minimum atomic E-state index is -0.0429. The highest BCUT2D eigenvalue weighted by Crippen LogP contribution is 2.39. The molecule has 174 valence electrons. The fourth-order valence-corrected chi connectivity index (χ4v) is 3.31. The summed E-state index contributed by atoms with van der Waals surface area (Å²) < 4.78 is 21.6. The Balaban J connectivity index is 0.00000363. The predicted octanol–water partition coefficient (Wildman–Crippen LogP) is 3.13. The molecule has 1 aliphatic rings. The molecular formula is C22H29IN4O5. The van der Waals surface area contributed by atoms with E-state index < -0.39 is 0 Å². The molecule has 9 nitrogen and oxygen atoms in total. The number of hydrogen-bond acceptors (Lipinski definition) is 6. The molecule has 2 N–H and O–H groups in total. The van der Waals surface area contributed by atoms with Gasteiger partial charge in [-0.25, -0.2) is 0 Å². The van der Waals surface area contributed by atoms with Gasteiger partial charge >= 0.3 is 0 Å².